The van der Waals surface area contributed by atoms with Gasteiger partial charge in [0.1, 0.15) is 0 Å². The molecule has 0 aliphatic rings. The van der Waals surface area contributed by atoms with Crippen LogP contribution >= 0.6 is 28.6 Å². The van der Waals surface area contributed by atoms with Crippen LogP contribution in [0.25, 0.3) is 0 Å². The summed E-state index contributed by atoms with van der Waals surface area (Å²) >= 11 is 5.89. The summed E-state index contributed by atoms with van der Waals surface area (Å²) in [7, 11) is 0. The molecule has 0 aliphatic heterocycles. The van der Waals surface area contributed by atoms with Gasteiger partial charge in [0.25, 0.3) is 0 Å². The van der Waals surface area contributed by atoms with Gasteiger partial charge < -0.3 is 11.1 Å². The minimum absolute atomic E-state index is 0. The minimum atomic E-state index is 0. The van der Waals surface area contributed by atoms with Gasteiger partial charge in [-0.05, 0) is 37.5 Å². The van der Waals surface area contributed by atoms with E-state index in [9.17, 15) is 0 Å². The molecule has 17 heavy (non-hydrogen) atoms. The molecule has 0 heterocycles. The average Bonchev–Trinajstić information content (AvgIpc) is 2.25. The van der Waals surface area contributed by atoms with E-state index in [0.717, 1.165) is 31.0 Å². The molecule has 0 saturated heterocycles. The number of halogens is 2. The van der Waals surface area contributed by atoms with E-state index in [1.165, 1.54) is 5.56 Å². The maximum absolute atomic E-state index is 5.89. The lowest BCUT2D eigenvalue weighted by Gasteiger charge is -2.02. The molecular weight excluding hydrogens is 302 g/mol. The predicted molar refractivity (Wildman–Crippen MR) is 80.3 cm³/mol. The Morgan fingerprint density at radius 1 is 1.47 bits per heavy atom. The van der Waals surface area contributed by atoms with Crippen molar-refractivity contribution in [3.05, 3.63) is 34.9 Å². The second-order valence-electron chi connectivity index (χ2n) is 3.53. The van der Waals surface area contributed by atoms with Crippen molar-refractivity contribution < 1.29 is 0 Å². The fourth-order valence-corrected chi connectivity index (χ4v) is 1.63. The largest absolute Gasteiger partial charge is 0.370 e. The standard InChI is InChI=1S/C12H18ClN3.BrH/c1-2-15-12(14)16-8-4-6-10-5-3-7-11(13)9-10;/h3,5,7,9H,2,4,6,8H2,1H3,(H3,14,15,16);1H. The molecule has 0 spiro atoms. The third-order valence-electron chi connectivity index (χ3n) is 2.15. The fourth-order valence-electron chi connectivity index (χ4n) is 1.41. The smallest absolute Gasteiger partial charge is 0.188 e. The Hall–Kier alpha value is -0.740. The second-order valence-corrected chi connectivity index (χ2v) is 3.97. The number of aryl methyl sites for hydroxylation is 1. The first-order chi connectivity index (χ1) is 7.72. The van der Waals surface area contributed by atoms with Gasteiger partial charge in [0.15, 0.2) is 5.96 Å². The average molecular weight is 321 g/mol. The second kappa shape index (κ2) is 9.31. The van der Waals surface area contributed by atoms with Crippen molar-refractivity contribution in [1.29, 1.82) is 0 Å². The maximum Gasteiger partial charge on any atom is 0.188 e. The quantitative estimate of drug-likeness (QED) is 0.498. The number of guanidine groups is 1. The highest BCUT2D eigenvalue weighted by Gasteiger charge is 1.94. The SMILES string of the molecule is Br.CCNC(N)=NCCCc1cccc(Cl)c1. The lowest BCUT2D eigenvalue weighted by Crippen LogP contribution is -2.31. The number of nitrogens with one attached hydrogen (secondary N) is 1. The van der Waals surface area contributed by atoms with Crippen molar-refractivity contribution in [1.82, 2.24) is 5.32 Å². The van der Waals surface area contributed by atoms with Crippen molar-refractivity contribution in [3.63, 3.8) is 0 Å². The summed E-state index contributed by atoms with van der Waals surface area (Å²) < 4.78 is 0. The molecular formula is C12H19BrClN3. The van der Waals surface area contributed by atoms with Gasteiger partial charge >= 0.3 is 0 Å². The summed E-state index contributed by atoms with van der Waals surface area (Å²) in [4.78, 5) is 4.20. The van der Waals surface area contributed by atoms with E-state index in [-0.39, 0.29) is 17.0 Å². The highest BCUT2D eigenvalue weighted by Crippen LogP contribution is 2.11. The van der Waals surface area contributed by atoms with E-state index in [1.54, 1.807) is 0 Å². The van der Waals surface area contributed by atoms with Crippen LogP contribution in [0.1, 0.15) is 18.9 Å². The van der Waals surface area contributed by atoms with Gasteiger partial charge in [0, 0.05) is 18.1 Å². The van der Waals surface area contributed by atoms with Crippen molar-refractivity contribution in [2.75, 3.05) is 13.1 Å². The van der Waals surface area contributed by atoms with Crippen LogP contribution in [0.15, 0.2) is 29.3 Å². The molecule has 0 saturated carbocycles. The first kappa shape index (κ1) is 16.3. The summed E-state index contributed by atoms with van der Waals surface area (Å²) in [6.07, 6.45) is 1.95. The van der Waals surface area contributed by atoms with Crippen LogP contribution in [0.4, 0.5) is 0 Å². The van der Waals surface area contributed by atoms with E-state index in [0.29, 0.717) is 5.96 Å². The van der Waals surface area contributed by atoms with Crippen molar-refractivity contribution in [2.45, 2.75) is 19.8 Å². The zero-order valence-corrected chi connectivity index (χ0v) is 12.4. The number of rotatable bonds is 5. The van der Waals surface area contributed by atoms with E-state index >= 15 is 0 Å². The van der Waals surface area contributed by atoms with E-state index in [4.69, 9.17) is 17.3 Å². The Morgan fingerprint density at radius 2 is 2.24 bits per heavy atom. The minimum Gasteiger partial charge on any atom is -0.370 e. The van der Waals surface area contributed by atoms with Crippen LogP contribution in [0.5, 0.6) is 0 Å². The van der Waals surface area contributed by atoms with Gasteiger partial charge in [-0.25, -0.2) is 0 Å². The number of hydrogen-bond acceptors (Lipinski definition) is 1. The van der Waals surface area contributed by atoms with Gasteiger partial charge in [-0.15, -0.1) is 17.0 Å². The van der Waals surface area contributed by atoms with Gasteiger partial charge in [0.2, 0.25) is 0 Å². The maximum atomic E-state index is 5.89. The molecule has 3 nitrogen and oxygen atoms in total. The topological polar surface area (TPSA) is 50.4 Å². The summed E-state index contributed by atoms with van der Waals surface area (Å²) in [6, 6.07) is 7.91. The summed E-state index contributed by atoms with van der Waals surface area (Å²) in [5.41, 5.74) is 6.85. The first-order valence-corrected chi connectivity index (χ1v) is 5.88. The molecule has 0 atom stereocenters. The third-order valence-corrected chi connectivity index (χ3v) is 2.39. The molecule has 0 unspecified atom stereocenters. The Bertz CT molecular complexity index is 355. The molecule has 1 rings (SSSR count). The van der Waals surface area contributed by atoms with Crippen molar-refractivity contribution >= 4 is 34.5 Å². The molecule has 0 aliphatic carbocycles. The zero-order valence-electron chi connectivity index (χ0n) is 9.95. The first-order valence-electron chi connectivity index (χ1n) is 5.50. The van der Waals surface area contributed by atoms with Crippen LogP contribution in [0, 0.1) is 0 Å². The van der Waals surface area contributed by atoms with Gasteiger partial charge in [-0.1, -0.05) is 23.7 Å². The summed E-state index contributed by atoms with van der Waals surface area (Å²) in [5, 5.41) is 3.75. The molecule has 3 N–H and O–H groups in total. The lowest BCUT2D eigenvalue weighted by molar-refractivity contribution is 0.820. The summed E-state index contributed by atoms with van der Waals surface area (Å²) in [5.74, 6) is 0.522. The molecule has 0 amide bonds. The van der Waals surface area contributed by atoms with Crippen LogP contribution in [0.3, 0.4) is 0 Å². The Morgan fingerprint density at radius 3 is 2.88 bits per heavy atom. The molecule has 0 bridgehead atoms. The number of nitrogens with zero attached hydrogens (tertiary/aromatic N) is 1. The van der Waals surface area contributed by atoms with Crippen molar-refractivity contribution in [2.24, 2.45) is 10.7 Å². The highest BCUT2D eigenvalue weighted by molar-refractivity contribution is 8.93. The molecule has 5 heteroatoms. The third kappa shape index (κ3) is 7.23. The number of aliphatic imine (C=N–C) groups is 1. The molecule has 96 valence electrons. The van der Waals surface area contributed by atoms with Crippen LogP contribution in [-0.4, -0.2) is 19.0 Å². The van der Waals surface area contributed by atoms with Crippen LogP contribution in [0.2, 0.25) is 5.02 Å². The molecule has 0 fully saturated rings. The number of benzene rings is 1. The number of nitrogens with two attached hydrogens (primary N) is 1. The molecule has 1 aromatic rings. The lowest BCUT2D eigenvalue weighted by atomic mass is 10.1. The van der Waals surface area contributed by atoms with Gasteiger partial charge in [-0.2, -0.15) is 0 Å². The van der Waals surface area contributed by atoms with Gasteiger partial charge in [0.05, 0.1) is 0 Å². The fraction of sp³-hybridized carbons (Fsp3) is 0.417. The molecule has 0 radical (unpaired) electrons. The summed E-state index contributed by atoms with van der Waals surface area (Å²) in [6.45, 7) is 3.54. The zero-order chi connectivity index (χ0) is 11.8. The Labute approximate surface area is 118 Å². The van der Waals surface area contributed by atoms with E-state index in [1.807, 2.05) is 25.1 Å². The van der Waals surface area contributed by atoms with Crippen molar-refractivity contribution in [3.8, 4) is 0 Å². The number of hydrogen-bond donors (Lipinski definition) is 2. The normalized spacial score (nSPS) is 10.8. The van der Waals surface area contributed by atoms with Crippen LogP contribution in [-0.2, 0) is 6.42 Å². The monoisotopic (exact) mass is 319 g/mol. The molecule has 1 aromatic carbocycles. The van der Waals surface area contributed by atoms with E-state index < -0.39 is 0 Å². The highest BCUT2D eigenvalue weighted by atomic mass is 79.9. The molecule has 0 aromatic heterocycles. The van der Waals surface area contributed by atoms with Gasteiger partial charge in [-0.3, -0.25) is 4.99 Å². The Balaban J connectivity index is 0.00000256. The predicted octanol–water partition coefficient (Wildman–Crippen LogP) is 2.77. The Kier molecular flexibility index (Phi) is 8.90. The van der Waals surface area contributed by atoms with E-state index in [2.05, 4.69) is 16.4 Å². The van der Waals surface area contributed by atoms with Crippen LogP contribution < -0.4 is 11.1 Å².